The number of anilines is 1. The summed E-state index contributed by atoms with van der Waals surface area (Å²) < 4.78 is 0. The molecule has 0 spiro atoms. The Bertz CT molecular complexity index is 434. The van der Waals surface area contributed by atoms with Crippen molar-refractivity contribution in [1.82, 2.24) is 15.5 Å². The van der Waals surface area contributed by atoms with Gasteiger partial charge in [0.15, 0.2) is 0 Å². The van der Waals surface area contributed by atoms with Gasteiger partial charge in [-0.2, -0.15) is 0 Å². The highest BCUT2D eigenvalue weighted by Crippen LogP contribution is 2.08. The maximum atomic E-state index is 11.7. The molecule has 6 nitrogen and oxygen atoms in total. The van der Waals surface area contributed by atoms with E-state index in [0.717, 1.165) is 25.3 Å². The van der Waals surface area contributed by atoms with E-state index in [0.29, 0.717) is 13.1 Å². The van der Waals surface area contributed by atoms with Gasteiger partial charge in [0.2, 0.25) is 0 Å². The molecule has 1 aliphatic heterocycles. The van der Waals surface area contributed by atoms with Gasteiger partial charge in [0.05, 0.1) is 6.17 Å². The van der Waals surface area contributed by atoms with E-state index in [1.807, 2.05) is 31.2 Å². The maximum Gasteiger partial charge on any atom is 0.319 e. The number of aryl methyl sites for hydroxylation is 1. The predicted molar refractivity (Wildman–Crippen MR) is 80.6 cm³/mol. The average molecular weight is 277 g/mol. The van der Waals surface area contributed by atoms with Crippen molar-refractivity contribution in [2.24, 2.45) is 5.73 Å². The van der Waals surface area contributed by atoms with E-state index in [2.05, 4.69) is 20.9 Å². The molecule has 2 amide bonds. The molecule has 20 heavy (non-hydrogen) atoms. The van der Waals surface area contributed by atoms with Crippen LogP contribution in [0.25, 0.3) is 0 Å². The molecule has 2 rings (SSSR count). The highest BCUT2D eigenvalue weighted by atomic mass is 16.2. The van der Waals surface area contributed by atoms with Gasteiger partial charge in [-0.3, -0.25) is 10.2 Å². The van der Waals surface area contributed by atoms with Gasteiger partial charge in [-0.1, -0.05) is 17.7 Å². The zero-order valence-electron chi connectivity index (χ0n) is 11.9. The number of carbonyl (C=O) groups excluding carboxylic acids is 1. The fourth-order valence-electron chi connectivity index (χ4n) is 2.28. The topological polar surface area (TPSA) is 82.4 Å². The third-order valence-corrected chi connectivity index (χ3v) is 3.44. The largest absolute Gasteiger partial charge is 0.337 e. The summed E-state index contributed by atoms with van der Waals surface area (Å²) in [5.41, 5.74) is 7.64. The normalized spacial score (nSPS) is 19.0. The average Bonchev–Trinajstić information content (AvgIpc) is 2.89. The SMILES string of the molecule is Cc1ccc(NC(=O)NCCN2CCNC2CN)cc1. The minimum Gasteiger partial charge on any atom is -0.337 e. The molecule has 1 aromatic rings. The van der Waals surface area contributed by atoms with Gasteiger partial charge in [0.1, 0.15) is 0 Å². The Labute approximate surface area is 119 Å². The van der Waals surface area contributed by atoms with Crippen molar-refractivity contribution >= 4 is 11.7 Å². The van der Waals surface area contributed by atoms with Gasteiger partial charge in [-0.25, -0.2) is 4.79 Å². The van der Waals surface area contributed by atoms with Gasteiger partial charge in [0, 0.05) is 38.4 Å². The Hall–Kier alpha value is -1.63. The smallest absolute Gasteiger partial charge is 0.319 e. The maximum absolute atomic E-state index is 11.7. The number of nitrogens with two attached hydrogens (primary N) is 1. The molecule has 0 bridgehead atoms. The van der Waals surface area contributed by atoms with Crippen molar-refractivity contribution < 1.29 is 4.79 Å². The highest BCUT2D eigenvalue weighted by molar-refractivity contribution is 5.89. The van der Waals surface area contributed by atoms with Crippen molar-refractivity contribution in [3.8, 4) is 0 Å². The van der Waals surface area contributed by atoms with Gasteiger partial charge < -0.3 is 16.4 Å². The van der Waals surface area contributed by atoms with Crippen LogP contribution in [0.3, 0.4) is 0 Å². The van der Waals surface area contributed by atoms with E-state index < -0.39 is 0 Å². The van der Waals surface area contributed by atoms with E-state index >= 15 is 0 Å². The van der Waals surface area contributed by atoms with Gasteiger partial charge in [0.25, 0.3) is 0 Å². The molecule has 0 aliphatic carbocycles. The van der Waals surface area contributed by atoms with Crippen molar-refractivity contribution in [3.05, 3.63) is 29.8 Å². The van der Waals surface area contributed by atoms with Crippen LogP contribution in [0.1, 0.15) is 5.56 Å². The molecule has 1 unspecified atom stereocenters. The number of amides is 2. The molecule has 1 aliphatic rings. The molecule has 0 saturated carbocycles. The van der Waals surface area contributed by atoms with Crippen molar-refractivity contribution in [2.45, 2.75) is 13.1 Å². The number of hydrogen-bond acceptors (Lipinski definition) is 4. The number of urea groups is 1. The van der Waals surface area contributed by atoms with Crippen LogP contribution in [0.15, 0.2) is 24.3 Å². The standard InChI is InChI=1S/C14H23N5O/c1-11-2-4-12(5-3-11)18-14(20)17-7-9-19-8-6-16-13(19)10-15/h2-5,13,16H,6-10,15H2,1H3,(H2,17,18,20). The fourth-order valence-corrected chi connectivity index (χ4v) is 2.28. The first-order valence-electron chi connectivity index (χ1n) is 6.98. The summed E-state index contributed by atoms with van der Waals surface area (Å²) in [4.78, 5) is 14.0. The molecule has 1 atom stereocenters. The van der Waals surface area contributed by atoms with Crippen molar-refractivity contribution in [3.63, 3.8) is 0 Å². The first-order valence-corrected chi connectivity index (χ1v) is 6.98. The summed E-state index contributed by atoms with van der Waals surface area (Å²) in [6, 6.07) is 7.55. The van der Waals surface area contributed by atoms with Crippen LogP contribution < -0.4 is 21.7 Å². The summed E-state index contributed by atoms with van der Waals surface area (Å²) in [5, 5.41) is 8.98. The molecule has 0 aromatic heterocycles. The lowest BCUT2D eigenvalue weighted by atomic mass is 10.2. The second-order valence-corrected chi connectivity index (χ2v) is 4.99. The number of nitrogens with one attached hydrogen (secondary N) is 3. The molecule has 1 heterocycles. The summed E-state index contributed by atoms with van der Waals surface area (Å²) >= 11 is 0. The predicted octanol–water partition coefficient (Wildman–Crippen LogP) is 0.307. The van der Waals surface area contributed by atoms with Gasteiger partial charge in [-0.15, -0.1) is 0 Å². The Kier molecular flexibility index (Phi) is 5.34. The molecular weight excluding hydrogens is 254 g/mol. The monoisotopic (exact) mass is 277 g/mol. The molecule has 6 heteroatoms. The third kappa shape index (κ3) is 4.19. The second kappa shape index (κ2) is 7.23. The summed E-state index contributed by atoms with van der Waals surface area (Å²) in [7, 11) is 0. The second-order valence-electron chi connectivity index (χ2n) is 4.99. The molecule has 1 aromatic carbocycles. The van der Waals surface area contributed by atoms with Crippen LogP contribution in [0, 0.1) is 6.92 Å². The van der Waals surface area contributed by atoms with Crippen LogP contribution in [-0.4, -0.2) is 49.8 Å². The summed E-state index contributed by atoms with van der Waals surface area (Å²) in [6.07, 6.45) is 0.233. The van der Waals surface area contributed by atoms with E-state index in [1.54, 1.807) is 0 Å². The minimum absolute atomic E-state index is 0.176. The Balaban J connectivity index is 1.69. The number of nitrogens with zero attached hydrogens (tertiary/aromatic N) is 1. The fraction of sp³-hybridized carbons (Fsp3) is 0.500. The highest BCUT2D eigenvalue weighted by Gasteiger charge is 2.21. The first kappa shape index (κ1) is 14.8. The Morgan fingerprint density at radius 2 is 2.20 bits per heavy atom. The van der Waals surface area contributed by atoms with Crippen LogP contribution >= 0.6 is 0 Å². The lowest BCUT2D eigenvalue weighted by molar-refractivity contribution is 0.236. The van der Waals surface area contributed by atoms with E-state index in [4.69, 9.17) is 5.73 Å². The zero-order valence-corrected chi connectivity index (χ0v) is 11.9. The molecule has 110 valence electrons. The number of carbonyl (C=O) groups is 1. The van der Waals surface area contributed by atoms with Crippen LogP contribution in [0.2, 0.25) is 0 Å². The van der Waals surface area contributed by atoms with Crippen molar-refractivity contribution in [1.29, 1.82) is 0 Å². The third-order valence-electron chi connectivity index (χ3n) is 3.44. The molecular formula is C14H23N5O. The summed E-state index contributed by atoms with van der Waals surface area (Å²) in [5.74, 6) is 0. The minimum atomic E-state index is -0.176. The Morgan fingerprint density at radius 1 is 1.45 bits per heavy atom. The van der Waals surface area contributed by atoms with E-state index in [9.17, 15) is 4.79 Å². The lowest BCUT2D eigenvalue weighted by Crippen LogP contribution is -2.45. The molecule has 0 radical (unpaired) electrons. The zero-order chi connectivity index (χ0) is 14.4. The van der Waals surface area contributed by atoms with Gasteiger partial charge in [-0.05, 0) is 19.1 Å². The number of benzene rings is 1. The number of rotatable bonds is 5. The van der Waals surface area contributed by atoms with E-state index in [1.165, 1.54) is 5.56 Å². The Morgan fingerprint density at radius 3 is 2.90 bits per heavy atom. The quantitative estimate of drug-likeness (QED) is 0.624. The van der Waals surface area contributed by atoms with Crippen LogP contribution in [0.4, 0.5) is 10.5 Å². The van der Waals surface area contributed by atoms with E-state index in [-0.39, 0.29) is 12.2 Å². The summed E-state index contributed by atoms with van der Waals surface area (Å²) in [6.45, 7) is 5.95. The first-order chi connectivity index (χ1) is 9.69. The lowest BCUT2D eigenvalue weighted by Gasteiger charge is -2.22. The van der Waals surface area contributed by atoms with Crippen LogP contribution in [-0.2, 0) is 0 Å². The van der Waals surface area contributed by atoms with Crippen molar-refractivity contribution in [2.75, 3.05) is 38.0 Å². The number of hydrogen-bond donors (Lipinski definition) is 4. The molecule has 1 saturated heterocycles. The molecule has 1 fully saturated rings. The van der Waals surface area contributed by atoms with Crippen LogP contribution in [0.5, 0.6) is 0 Å². The molecule has 5 N–H and O–H groups in total. The van der Waals surface area contributed by atoms with Gasteiger partial charge >= 0.3 is 6.03 Å².